The molecule has 4 rings (SSSR count). The Labute approximate surface area is 212 Å². The number of Topliss-reactive ketones (excluding diaryl/α,β-unsaturated/α-hetero) is 1. The number of hydrogen-bond acceptors (Lipinski definition) is 5. The van der Waals surface area contributed by atoms with E-state index in [2.05, 4.69) is 6.66 Å². The van der Waals surface area contributed by atoms with Gasteiger partial charge in [0, 0.05) is 30.1 Å². The predicted molar refractivity (Wildman–Crippen MR) is 145 cm³/mol. The number of fused-ring (bicyclic) bond motifs is 1. The highest BCUT2D eigenvalue weighted by molar-refractivity contribution is 8.56. The normalized spacial score (nSPS) is 16.0. The predicted octanol–water partition coefficient (Wildman–Crippen LogP) is 6.43. The highest BCUT2D eigenvalue weighted by Gasteiger charge is 2.43. The van der Waals surface area contributed by atoms with Gasteiger partial charge in [-0.2, -0.15) is 0 Å². The first-order chi connectivity index (χ1) is 17.0. The van der Waals surface area contributed by atoms with Gasteiger partial charge in [0.05, 0.1) is 11.8 Å². The van der Waals surface area contributed by atoms with Gasteiger partial charge in [-0.3, -0.25) is 9.59 Å². The monoisotopic (exact) mass is 509 g/mol. The molecule has 0 saturated carbocycles. The van der Waals surface area contributed by atoms with E-state index in [0.717, 1.165) is 39.8 Å². The Morgan fingerprint density at radius 3 is 2.46 bits per heavy atom. The van der Waals surface area contributed by atoms with Crippen molar-refractivity contribution in [2.45, 2.75) is 42.2 Å². The molecule has 0 spiro atoms. The fourth-order valence-electron chi connectivity index (χ4n) is 4.45. The quantitative estimate of drug-likeness (QED) is 0.183. The third kappa shape index (κ3) is 6.24. The second-order valence-corrected chi connectivity index (χ2v) is 13.5. The molecule has 184 valence electrons. The van der Waals surface area contributed by atoms with Crippen molar-refractivity contribution in [1.29, 1.82) is 0 Å². The van der Waals surface area contributed by atoms with E-state index in [-0.39, 0.29) is 11.7 Å². The van der Waals surface area contributed by atoms with E-state index in [0.29, 0.717) is 39.1 Å². The van der Waals surface area contributed by atoms with Crippen molar-refractivity contribution < 1.29 is 19.1 Å². The molecule has 2 N–H and O–H groups in total. The van der Waals surface area contributed by atoms with Gasteiger partial charge in [-0.25, -0.2) is 0 Å². The average Bonchev–Trinajstić information content (AvgIpc) is 2.89. The minimum absolute atomic E-state index is 0.178. The number of carbonyl (C=O) groups excluding carboxylic acids is 2. The lowest BCUT2D eigenvalue weighted by atomic mass is 9.98. The Hall–Kier alpha value is -2.40. The molecule has 1 aliphatic rings. The van der Waals surface area contributed by atoms with Crippen LogP contribution in [0, 0.1) is 0 Å². The third-order valence-corrected chi connectivity index (χ3v) is 11.7. The molecule has 5 nitrogen and oxygen atoms in total. The zero-order valence-electron chi connectivity index (χ0n) is 20.1. The van der Waals surface area contributed by atoms with E-state index in [1.807, 2.05) is 66.7 Å². The fourth-order valence-corrected chi connectivity index (χ4v) is 8.98. The average molecular weight is 510 g/mol. The molecule has 1 aliphatic heterocycles. The summed E-state index contributed by atoms with van der Waals surface area (Å²) in [6.45, 7) is 3.90. The van der Waals surface area contributed by atoms with Crippen LogP contribution in [0.3, 0.4) is 0 Å². The Morgan fingerprint density at radius 2 is 1.71 bits per heavy atom. The zero-order valence-corrected chi connectivity index (χ0v) is 21.8. The molecule has 3 aromatic rings. The number of amides is 1. The molecular weight excluding hydrogens is 477 g/mol. The molecule has 3 aromatic carbocycles. The Bertz CT molecular complexity index is 1160. The van der Waals surface area contributed by atoms with Gasteiger partial charge in [0.15, 0.2) is 5.78 Å². The van der Waals surface area contributed by atoms with Crippen LogP contribution in [0.5, 0.6) is 5.75 Å². The fraction of sp³-hybridized carbons (Fsp3) is 0.357. The molecule has 1 fully saturated rings. The van der Waals surface area contributed by atoms with Gasteiger partial charge in [0.25, 0.3) is 0 Å². The van der Waals surface area contributed by atoms with Gasteiger partial charge in [0.2, 0.25) is 5.91 Å². The van der Waals surface area contributed by atoms with Crippen molar-refractivity contribution in [2.24, 2.45) is 5.73 Å². The number of rotatable bonds is 11. The lowest BCUT2D eigenvalue weighted by Gasteiger charge is -2.38. The number of carbonyl (C=O) groups is 2. The van der Waals surface area contributed by atoms with E-state index < -0.39 is 12.3 Å². The summed E-state index contributed by atoms with van der Waals surface area (Å²) in [4.78, 5) is 26.1. The zero-order chi connectivity index (χ0) is 24.7. The van der Waals surface area contributed by atoms with Gasteiger partial charge in [-0.1, -0.05) is 53.8 Å². The summed E-state index contributed by atoms with van der Waals surface area (Å²) in [5.41, 5.74) is 6.60. The summed E-state index contributed by atoms with van der Waals surface area (Å²) in [5.74, 6) is 0.782. The van der Waals surface area contributed by atoms with Crippen LogP contribution in [0.25, 0.3) is 10.8 Å². The number of ketones is 1. The van der Waals surface area contributed by atoms with E-state index in [9.17, 15) is 9.59 Å². The summed E-state index contributed by atoms with van der Waals surface area (Å²) >= 11 is 1.74. The molecule has 1 unspecified atom stereocenters. The summed E-state index contributed by atoms with van der Waals surface area (Å²) in [6, 6.07) is 21.9. The highest BCUT2D eigenvalue weighted by atomic mass is 32.7. The molecule has 7 heteroatoms. The molecule has 0 aliphatic carbocycles. The van der Waals surface area contributed by atoms with Crippen LogP contribution in [0.1, 0.15) is 42.5 Å². The van der Waals surface area contributed by atoms with Gasteiger partial charge < -0.3 is 15.2 Å². The SMILES string of the molecule is CP(Sc1ccc(OCCCCC(=O)c2cccc3ccccc23)cc1)C1(C(N)=O)CCOCC1. The Morgan fingerprint density at radius 1 is 1.00 bits per heavy atom. The van der Waals surface area contributed by atoms with Crippen molar-refractivity contribution in [3.05, 3.63) is 72.3 Å². The first kappa shape index (κ1) is 25.7. The number of ether oxygens (including phenoxy) is 2. The maximum Gasteiger partial charge on any atom is 0.228 e. The number of hydrogen-bond donors (Lipinski definition) is 1. The number of benzene rings is 3. The first-order valence-corrected chi connectivity index (χ1v) is 15.2. The number of primary amides is 1. The molecule has 1 heterocycles. The maximum absolute atomic E-state index is 12.7. The molecule has 0 aromatic heterocycles. The van der Waals surface area contributed by atoms with Crippen LogP contribution < -0.4 is 10.5 Å². The molecule has 1 atom stereocenters. The van der Waals surface area contributed by atoms with Crippen molar-refractivity contribution in [2.75, 3.05) is 26.5 Å². The second-order valence-electron chi connectivity index (χ2n) is 8.82. The van der Waals surface area contributed by atoms with Gasteiger partial charge in [0.1, 0.15) is 5.75 Å². The number of unbranched alkanes of at least 4 members (excludes halogenated alkanes) is 1. The minimum Gasteiger partial charge on any atom is -0.494 e. The topological polar surface area (TPSA) is 78.6 Å². The van der Waals surface area contributed by atoms with E-state index in [1.165, 1.54) is 0 Å². The summed E-state index contributed by atoms with van der Waals surface area (Å²) in [7, 11) is -0.672. The van der Waals surface area contributed by atoms with Crippen LogP contribution in [0.15, 0.2) is 71.6 Å². The molecule has 0 bridgehead atoms. The van der Waals surface area contributed by atoms with Gasteiger partial charge in [-0.15, -0.1) is 0 Å². The first-order valence-electron chi connectivity index (χ1n) is 12.0. The minimum atomic E-state index is -0.672. The maximum atomic E-state index is 12.7. The highest BCUT2D eigenvalue weighted by Crippen LogP contribution is 2.63. The summed E-state index contributed by atoms with van der Waals surface area (Å²) < 4.78 is 11.3. The molecule has 0 radical (unpaired) electrons. The van der Waals surface area contributed by atoms with Crippen LogP contribution in [-0.2, 0) is 9.53 Å². The molecule has 1 amide bonds. The standard InChI is InChI=1S/C28H32NO4PS/c1-34(28(27(29)31)16-19-32-20-17-28)35-23-14-12-22(13-15-23)33-18-5-4-11-26(30)25-10-6-8-21-7-2-3-9-24(21)25/h2-3,6-10,12-15H,4-5,11,16-20H2,1H3,(H2,29,31). The number of nitrogens with two attached hydrogens (primary N) is 1. The van der Waals surface area contributed by atoms with E-state index >= 15 is 0 Å². The van der Waals surface area contributed by atoms with Crippen molar-refractivity contribution in [1.82, 2.24) is 0 Å². The van der Waals surface area contributed by atoms with Crippen molar-refractivity contribution >= 4 is 41.0 Å². The lowest BCUT2D eigenvalue weighted by Crippen LogP contribution is -2.45. The summed E-state index contributed by atoms with van der Waals surface area (Å²) in [6.07, 6.45) is 3.51. The van der Waals surface area contributed by atoms with Crippen LogP contribution in [0.2, 0.25) is 0 Å². The van der Waals surface area contributed by atoms with Crippen LogP contribution in [0.4, 0.5) is 0 Å². The Balaban J connectivity index is 1.22. The summed E-state index contributed by atoms with van der Waals surface area (Å²) in [5, 5.41) is 1.65. The second kappa shape index (κ2) is 12.0. The van der Waals surface area contributed by atoms with Gasteiger partial charge in [-0.05, 0) is 74.5 Å². The van der Waals surface area contributed by atoms with E-state index in [1.54, 1.807) is 11.4 Å². The molecule has 1 saturated heterocycles. The van der Waals surface area contributed by atoms with Crippen molar-refractivity contribution in [3.63, 3.8) is 0 Å². The molecule has 35 heavy (non-hydrogen) atoms. The van der Waals surface area contributed by atoms with E-state index in [4.69, 9.17) is 15.2 Å². The largest absolute Gasteiger partial charge is 0.494 e. The lowest BCUT2D eigenvalue weighted by molar-refractivity contribution is -0.122. The molecular formula is C28H32NO4PS. The van der Waals surface area contributed by atoms with Crippen LogP contribution in [-0.4, -0.2) is 43.3 Å². The third-order valence-electron chi connectivity index (χ3n) is 6.60. The smallest absolute Gasteiger partial charge is 0.228 e. The van der Waals surface area contributed by atoms with Gasteiger partial charge >= 0.3 is 0 Å². The Kier molecular flexibility index (Phi) is 8.83. The van der Waals surface area contributed by atoms with Crippen LogP contribution >= 0.6 is 18.5 Å². The van der Waals surface area contributed by atoms with Crippen molar-refractivity contribution in [3.8, 4) is 5.75 Å².